The Morgan fingerprint density at radius 1 is 1.39 bits per heavy atom. The van der Waals surface area contributed by atoms with Crippen LogP contribution >= 0.6 is 23.1 Å². The number of hydrogen-bond acceptors (Lipinski definition) is 5. The van der Waals surface area contributed by atoms with Crippen LogP contribution in [-0.2, 0) is 5.75 Å². The number of nitrogens with zero attached hydrogens (tertiary/aromatic N) is 1. The van der Waals surface area contributed by atoms with Gasteiger partial charge in [-0.05, 0) is 6.07 Å². The van der Waals surface area contributed by atoms with Crippen molar-refractivity contribution in [2.24, 2.45) is 0 Å². The van der Waals surface area contributed by atoms with Crippen LogP contribution in [-0.4, -0.2) is 11.6 Å². The molecular weight excluding hydrogens is 278 g/mol. The molecule has 2 N–H and O–H groups in total. The topological polar surface area (TPSA) is 48.1 Å². The average Bonchev–Trinajstić information content (AvgIpc) is 2.73. The maximum atomic E-state index is 12.2. The van der Waals surface area contributed by atoms with Crippen LogP contribution in [0, 0.1) is 0 Å². The Morgan fingerprint density at radius 2 is 2.17 bits per heavy atom. The first-order chi connectivity index (χ1) is 8.65. The molecule has 0 fully saturated rings. The fourth-order valence-corrected chi connectivity index (χ4v) is 3.07. The number of hydrogen-bond donors (Lipinski definition) is 1. The van der Waals surface area contributed by atoms with E-state index in [1.807, 2.05) is 0 Å². The number of aromatic nitrogens is 1. The molecule has 3 nitrogen and oxygen atoms in total. The van der Waals surface area contributed by atoms with E-state index in [1.165, 1.54) is 29.2 Å². The van der Waals surface area contributed by atoms with Crippen LogP contribution in [0.1, 0.15) is 5.56 Å². The van der Waals surface area contributed by atoms with Gasteiger partial charge in [-0.1, -0.05) is 29.5 Å². The molecule has 0 unspecified atom stereocenters. The molecule has 0 aliphatic heterocycles. The van der Waals surface area contributed by atoms with Gasteiger partial charge in [0.15, 0.2) is 5.13 Å². The van der Waals surface area contributed by atoms with Crippen molar-refractivity contribution in [1.82, 2.24) is 4.98 Å². The van der Waals surface area contributed by atoms with E-state index in [0.717, 1.165) is 9.77 Å². The van der Waals surface area contributed by atoms with E-state index in [1.54, 1.807) is 24.4 Å². The molecule has 96 valence electrons. The molecule has 0 radical (unpaired) electrons. The van der Waals surface area contributed by atoms with E-state index in [0.29, 0.717) is 10.9 Å². The predicted molar refractivity (Wildman–Crippen MR) is 69.2 cm³/mol. The van der Waals surface area contributed by atoms with Gasteiger partial charge >= 0.3 is 6.61 Å². The SMILES string of the molecule is Nc1ncc(SCc2ccccc2OC(F)F)s1. The van der Waals surface area contributed by atoms with Crippen molar-refractivity contribution in [1.29, 1.82) is 0 Å². The van der Waals surface area contributed by atoms with Gasteiger partial charge in [-0.25, -0.2) is 4.98 Å². The van der Waals surface area contributed by atoms with Crippen molar-refractivity contribution in [3.8, 4) is 5.75 Å². The third-order valence-electron chi connectivity index (χ3n) is 2.06. The summed E-state index contributed by atoms with van der Waals surface area (Å²) in [6.07, 6.45) is 1.67. The summed E-state index contributed by atoms with van der Waals surface area (Å²) in [4.78, 5) is 3.92. The van der Waals surface area contributed by atoms with Gasteiger partial charge in [0, 0.05) is 11.3 Å². The Kier molecular flexibility index (Phi) is 4.38. The van der Waals surface area contributed by atoms with Gasteiger partial charge in [-0.3, -0.25) is 0 Å². The summed E-state index contributed by atoms with van der Waals surface area (Å²) in [5.74, 6) is 0.738. The van der Waals surface area contributed by atoms with Gasteiger partial charge in [0.1, 0.15) is 5.75 Å². The Morgan fingerprint density at radius 3 is 2.83 bits per heavy atom. The number of benzene rings is 1. The number of para-hydroxylation sites is 1. The molecule has 0 saturated heterocycles. The van der Waals surface area contributed by atoms with Crippen molar-refractivity contribution in [2.75, 3.05) is 5.73 Å². The molecule has 0 amide bonds. The molecule has 0 bridgehead atoms. The lowest BCUT2D eigenvalue weighted by molar-refractivity contribution is -0.0503. The molecule has 18 heavy (non-hydrogen) atoms. The highest BCUT2D eigenvalue weighted by Gasteiger charge is 2.09. The normalized spacial score (nSPS) is 10.8. The highest BCUT2D eigenvalue weighted by molar-refractivity contribution is 8.00. The van der Waals surface area contributed by atoms with Crippen molar-refractivity contribution in [2.45, 2.75) is 16.6 Å². The van der Waals surface area contributed by atoms with Crippen molar-refractivity contribution in [3.05, 3.63) is 36.0 Å². The van der Waals surface area contributed by atoms with E-state index >= 15 is 0 Å². The number of nitrogens with two attached hydrogens (primary N) is 1. The van der Waals surface area contributed by atoms with Gasteiger partial charge in [-0.15, -0.1) is 11.8 Å². The number of rotatable bonds is 5. The molecule has 1 aromatic heterocycles. The smallest absolute Gasteiger partial charge is 0.387 e. The lowest BCUT2D eigenvalue weighted by Gasteiger charge is -2.09. The minimum atomic E-state index is -2.81. The van der Waals surface area contributed by atoms with Crippen LogP contribution < -0.4 is 10.5 Å². The van der Waals surface area contributed by atoms with Crippen LogP contribution in [0.2, 0.25) is 0 Å². The molecule has 7 heteroatoms. The summed E-state index contributed by atoms with van der Waals surface area (Å²) < 4.78 is 29.8. The fourth-order valence-electron chi connectivity index (χ4n) is 1.32. The average molecular weight is 288 g/mol. The Labute approximate surface area is 111 Å². The van der Waals surface area contributed by atoms with Crippen LogP contribution in [0.5, 0.6) is 5.75 Å². The lowest BCUT2D eigenvalue weighted by Crippen LogP contribution is -2.03. The van der Waals surface area contributed by atoms with Gasteiger partial charge in [0.2, 0.25) is 0 Å². The van der Waals surface area contributed by atoms with E-state index in [4.69, 9.17) is 5.73 Å². The van der Waals surface area contributed by atoms with Crippen LogP contribution in [0.3, 0.4) is 0 Å². The van der Waals surface area contributed by atoms with Crippen molar-refractivity contribution >= 4 is 28.2 Å². The van der Waals surface area contributed by atoms with Crippen molar-refractivity contribution < 1.29 is 13.5 Å². The number of thiazole rings is 1. The number of thioether (sulfide) groups is 1. The highest BCUT2D eigenvalue weighted by Crippen LogP contribution is 2.32. The highest BCUT2D eigenvalue weighted by atomic mass is 32.2. The zero-order valence-corrected chi connectivity index (χ0v) is 10.8. The van der Waals surface area contributed by atoms with E-state index in [-0.39, 0.29) is 5.75 Å². The van der Waals surface area contributed by atoms with Crippen molar-refractivity contribution in [3.63, 3.8) is 0 Å². The zero-order chi connectivity index (χ0) is 13.0. The quantitative estimate of drug-likeness (QED) is 0.854. The number of alkyl halides is 2. The van der Waals surface area contributed by atoms with Crippen LogP contribution in [0.4, 0.5) is 13.9 Å². The fraction of sp³-hybridized carbons (Fsp3) is 0.182. The minimum Gasteiger partial charge on any atom is -0.435 e. The third kappa shape index (κ3) is 3.58. The largest absolute Gasteiger partial charge is 0.435 e. The molecule has 2 aromatic rings. The Bertz CT molecular complexity index is 519. The summed E-state index contributed by atoms with van der Waals surface area (Å²) in [5.41, 5.74) is 6.23. The van der Waals surface area contributed by atoms with E-state index in [9.17, 15) is 8.78 Å². The van der Waals surface area contributed by atoms with E-state index in [2.05, 4.69) is 9.72 Å². The Hall–Kier alpha value is -1.34. The molecule has 2 rings (SSSR count). The molecule has 0 spiro atoms. The molecule has 0 atom stereocenters. The summed E-state index contributed by atoms with van der Waals surface area (Å²) in [5, 5.41) is 0.495. The van der Waals surface area contributed by atoms with Gasteiger partial charge in [0.25, 0.3) is 0 Å². The standard InChI is InChI=1S/C11H10F2N2OS2/c12-10(13)16-8-4-2-1-3-7(8)6-17-9-5-15-11(14)18-9/h1-5,10H,6H2,(H2,14,15). The number of halogens is 2. The summed E-state index contributed by atoms with van der Waals surface area (Å²) in [6, 6.07) is 6.74. The lowest BCUT2D eigenvalue weighted by atomic mass is 10.2. The van der Waals surface area contributed by atoms with Gasteiger partial charge in [-0.2, -0.15) is 8.78 Å². The second kappa shape index (κ2) is 6.01. The summed E-state index contributed by atoms with van der Waals surface area (Å²) >= 11 is 2.85. The number of anilines is 1. The second-order valence-electron chi connectivity index (χ2n) is 3.29. The van der Waals surface area contributed by atoms with Crippen LogP contribution in [0.15, 0.2) is 34.7 Å². The zero-order valence-electron chi connectivity index (χ0n) is 9.18. The molecule has 1 aromatic carbocycles. The second-order valence-corrected chi connectivity index (χ2v) is 5.63. The summed E-state index contributed by atoms with van der Waals surface area (Å²) in [6.45, 7) is -2.81. The molecule has 1 heterocycles. The molecule has 0 saturated carbocycles. The predicted octanol–water partition coefficient (Wildman–Crippen LogP) is 3.62. The first-order valence-electron chi connectivity index (χ1n) is 5.02. The van der Waals surface area contributed by atoms with E-state index < -0.39 is 6.61 Å². The number of ether oxygens (including phenoxy) is 1. The summed E-state index contributed by atoms with van der Waals surface area (Å²) in [7, 11) is 0. The first-order valence-corrected chi connectivity index (χ1v) is 6.82. The Balaban J connectivity index is 2.04. The maximum Gasteiger partial charge on any atom is 0.387 e. The van der Waals surface area contributed by atoms with Crippen LogP contribution in [0.25, 0.3) is 0 Å². The molecular formula is C11H10F2N2OS2. The third-order valence-corrected chi connectivity index (χ3v) is 4.13. The monoisotopic (exact) mass is 288 g/mol. The van der Waals surface area contributed by atoms with Gasteiger partial charge < -0.3 is 10.5 Å². The number of nitrogen functional groups attached to an aromatic ring is 1. The van der Waals surface area contributed by atoms with Gasteiger partial charge in [0.05, 0.1) is 10.4 Å². The molecule has 0 aliphatic carbocycles. The molecule has 0 aliphatic rings. The minimum absolute atomic E-state index is 0.206. The first kappa shape index (κ1) is 13.1. The maximum absolute atomic E-state index is 12.2.